The quantitative estimate of drug-likeness (QED) is 0.363. The fourth-order valence-corrected chi connectivity index (χ4v) is 0.479. The molecule has 3 heteroatoms. The summed E-state index contributed by atoms with van der Waals surface area (Å²) in [6.45, 7) is 9.44. The van der Waals surface area contributed by atoms with Crippen LogP contribution in [0.3, 0.4) is 0 Å². The number of allylic oxidation sites excluding steroid dienone is 1. The molecule has 0 saturated heterocycles. The van der Waals surface area contributed by atoms with Crippen molar-refractivity contribution in [2.24, 2.45) is 0 Å². The first-order valence-corrected chi connectivity index (χ1v) is 3.35. The number of rotatable bonds is 5. The molecule has 0 fully saturated rings. The predicted octanol–water partition coefficient (Wildman–Crippen LogP) is 0.839. The third kappa shape index (κ3) is 6.64. The van der Waals surface area contributed by atoms with Gasteiger partial charge in [0.15, 0.2) is 0 Å². The zero-order valence-corrected chi connectivity index (χ0v) is 6.72. The van der Waals surface area contributed by atoms with Gasteiger partial charge in [-0.3, -0.25) is 4.79 Å². The van der Waals surface area contributed by atoms with Gasteiger partial charge >= 0.3 is 5.97 Å². The van der Waals surface area contributed by atoms with Crippen LogP contribution in [0.2, 0.25) is 0 Å². The lowest BCUT2D eigenvalue weighted by molar-refractivity contribution is -0.140. The largest absolute Gasteiger partial charge is 0.464 e. The number of nitrogens with one attached hydrogen (secondary N) is 1. The van der Waals surface area contributed by atoms with Crippen LogP contribution in [-0.2, 0) is 9.53 Å². The van der Waals surface area contributed by atoms with Gasteiger partial charge in [0.2, 0.25) is 0 Å². The zero-order chi connectivity index (χ0) is 8.69. The van der Waals surface area contributed by atoms with Crippen LogP contribution in [-0.4, -0.2) is 19.1 Å². The van der Waals surface area contributed by atoms with Crippen molar-refractivity contribution < 1.29 is 9.53 Å². The lowest BCUT2D eigenvalue weighted by Crippen LogP contribution is -2.18. The minimum Gasteiger partial charge on any atom is -0.464 e. The van der Waals surface area contributed by atoms with Gasteiger partial charge in [-0.05, 0) is 6.08 Å². The Morgan fingerprint density at radius 2 is 2.36 bits per heavy atom. The first-order valence-electron chi connectivity index (χ1n) is 3.35. The third-order valence-corrected chi connectivity index (χ3v) is 1.01. The summed E-state index contributed by atoms with van der Waals surface area (Å²) < 4.78 is 4.66. The van der Waals surface area contributed by atoms with Gasteiger partial charge in [-0.25, -0.2) is 0 Å². The van der Waals surface area contributed by atoms with Crippen LogP contribution in [0.5, 0.6) is 0 Å². The van der Waals surface area contributed by atoms with Crippen LogP contribution < -0.4 is 5.32 Å². The van der Waals surface area contributed by atoms with E-state index in [1.807, 2.05) is 0 Å². The summed E-state index contributed by atoms with van der Waals surface area (Å²) in [5, 5.41) is 2.90. The first-order chi connectivity index (χ1) is 5.16. The summed E-state index contributed by atoms with van der Waals surface area (Å²) in [7, 11) is 0. The maximum absolute atomic E-state index is 10.3. The van der Waals surface area contributed by atoms with E-state index in [4.69, 9.17) is 0 Å². The maximum Gasteiger partial charge on any atom is 0.302 e. The molecule has 1 N–H and O–H groups in total. The van der Waals surface area contributed by atoms with Gasteiger partial charge in [-0.2, -0.15) is 0 Å². The molecule has 0 heterocycles. The number of esters is 1. The molecular formula is C8H13NO2. The van der Waals surface area contributed by atoms with E-state index in [1.54, 1.807) is 6.08 Å². The molecule has 0 atom stereocenters. The second kappa shape index (κ2) is 5.53. The van der Waals surface area contributed by atoms with Crippen LogP contribution in [0.15, 0.2) is 24.9 Å². The number of hydrogen-bond donors (Lipinski definition) is 1. The average Bonchev–Trinajstić information content (AvgIpc) is 1.97. The lowest BCUT2D eigenvalue weighted by atomic mass is 10.5. The molecule has 0 rings (SSSR count). The Balaban J connectivity index is 3.21. The molecule has 0 aromatic rings. The molecule has 62 valence electrons. The van der Waals surface area contributed by atoms with E-state index in [0.717, 1.165) is 5.70 Å². The molecular weight excluding hydrogens is 142 g/mol. The molecule has 0 aliphatic carbocycles. The molecule has 0 unspecified atom stereocenters. The van der Waals surface area contributed by atoms with E-state index in [2.05, 4.69) is 23.2 Å². The SMILES string of the molecule is C=CC(=C)NCCOC(C)=O. The third-order valence-electron chi connectivity index (χ3n) is 1.01. The highest BCUT2D eigenvalue weighted by molar-refractivity contribution is 5.65. The highest BCUT2D eigenvalue weighted by Crippen LogP contribution is 1.82. The van der Waals surface area contributed by atoms with Crippen molar-refractivity contribution in [1.29, 1.82) is 0 Å². The average molecular weight is 155 g/mol. The van der Waals surface area contributed by atoms with Gasteiger partial charge in [0.1, 0.15) is 6.61 Å². The van der Waals surface area contributed by atoms with Gasteiger partial charge in [0.25, 0.3) is 0 Å². The van der Waals surface area contributed by atoms with Crippen LogP contribution in [0.25, 0.3) is 0 Å². The highest BCUT2D eigenvalue weighted by Gasteiger charge is 1.90. The smallest absolute Gasteiger partial charge is 0.302 e. The van der Waals surface area contributed by atoms with Crippen LogP contribution in [0, 0.1) is 0 Å². The fourth-order valence-electron chi connectivity index (χ4n) is 0.479. The van der Waals surface area contributed by atoms with Gasteiger partial charge in [0, 0.05) is 19.2 Å². The van der Waals surface area contributed by atoms with E-state index in [-0.39, 0.29) is 5.97 Å². The lowest BCUT2D eigenvalue weighted by Gasteiger charge is -2.04. The number of carbonyl (C=O) groups excluding carboxylic acids is 1. The van der Waals surface area contributed by atoms with Crippen molar-refractivity contribution in [1.82, 2.24) is 5.32 Å². The number of carbonyl (C=O) groups is 1. The standard InChI is InChI=1S/C8H13NO2/c1-4-7(2)9-5-6-11-8(3)10/h4,9H,1-2,5-6H2,3H3. The Morgan fingerprint density at radius 3 is 2.82 bits per heavy atom. The molecule has 0 aliphatic rings. The van der Waals surface area contributed by atoms with Crippen molar-refractivity contribution in [2.45, 2.75) is 6.92 Å². The monoisotopic (exact) mass is 155 g/mol. The van der Waals surface area contributed by atoms with Gasteiger partial charge in [-0.1, -0.05) is 13.2 Å². The summed E-state index contributed by atoms with van der Waals surface area (Å²) in [5.74, 6) is -0.268. The Hall–Kier alpha value is -1.25. The van der Waals surface area contributed by atoms with Crippen molar-refractivity contribution in [3.05, 3.63) is 24.9 Å². The molecule has 0 amide bonds. The molecule has 0 aromatic carbocycles. The summed E-state index contributed by atoms with van der Waals surface area (Å²) in [6.07, 6.45) is 1.60. The zero-order valence-electron chi connectivity index (χ0n) is 6.72. The van der Waals surface area contributed by atoms with E-state index >= 15 is 0 Å². The van der Waals surface area contributed by atoms with Crippen molar-refractivity contribution in [2.75, 3.05) is 13.2 Å². The van der Waals surface area contributed by atoms with Crippen molar-refractivity contribution >= 4 is 5.97 Å². The molecule has 0 saturated carbocycles. The van der Waals surface area contributed by atoms with Crippen LogP contribution in [0.4, 0.5) is 0 Å². The van der Waals surface area contributed by atoms with Gasteiger partial charge in [-0.15, -0.1) is 0 Å². The molecule has 0 spiro atoms. The van der Waals surface area contributed by atoms with E-state index < -0.39 is 0 Å². The second-order valence-electron chi connectivity index (χ2n) is 2.00. The number of hydrogen-bond acceptors (Lipinski definition) is 3. The Kier molecular flexibility index (Phi) is 4.90. The van der Waals surface area contributed by atoms with Gasteiger partial charge < -0.3 is 10.1 Å². The van der Waals surface area contributed by atoms with E-state index in [1.165, 1.54) is 6.92 Å². The maximum atomic E-state index is 10.3. The first kappa shape index (κ1) is 9.75. The summed E-state index contributed by atoms with van der Waals surface area (Å²) >= 11 is 0. The van der Waals surface area contributed by atoms with Gasteiger partial charge in [0.05, 0.1) is 0 Å². The fraction of sp³-hybridized carbons (Fsp3) is 0.375. The Bertz CT molecular complexity index is 163. The predicted molar refractivity (Wildman–Crippen MR) is 44.0 cm³/mol. The van der Waals surface area contributed by atoms with Crippen LogP contribution in [0.1, 0.15) is 6.92 Å². The highest BCUT2D eigenvalue weighted by atomic mass is 16.5. The van der Waals surface area contributed by atoms with Crippen molar-refractivity contribution in [3.63, 3.8) is 0 Å². The van der Waals surface area contributed by atoms with E-state index in [9.17, 15) is 4.79 Å². The Labute approximate surface area is 66.7 Å². The summed E-state index contributed by atoms with van der Waals surface area (Å²) in [4.78, 5) is 10.3. The normalized spacial score (nSPS) is 8.45. The molecule has 0 aliphatic heterocycles. The number of ether oxygens (including phenoxy) is 1. The van der Waals surface area contributed by atoms with Crippen molar-refractivity contribution in [3.8, 4) is 0 Å². The molecule has 11 heavy (non-hydrogen) atoms. The minimum absolute atomic E-state index is 0.268. The molecule has 0 radical (unpaired) electrons. The molecule has 3 nitrogen and oxygen atoms in total. The van der Waals surface area contributed by atoms with Crippen LogP contribution >= 0.6 is 0 Å². The van der Waals surface area contributed by atoms with E-state index in [0.29, 0.717) is 13.2 Å². The summed E-state index contributed by atoms with van der Waals surface area (Å²) in [6, 6.07) is 0. The molecule has 0 bridgehead atoms. The topological polar surface area (TPSA) is 38.3 Å². The second-order valence-corrected chi connectivity index (χ2v) is 2.00. The molecule has 0 aromatic heterocycles. The Morgan fingerprint density at radius 1 is 1.73 bits per heavy atom. The minimum atomic E-state index is -0.268. The summed E-state index contributed by atoms with van der Waals surface area (Å²) in [5.41, 5.74) is 0.733.